The fourth-order valence-electron chi connectivity index (χ4n) is 2.76. The third kappa shape index (κ3) is 4.85. The Morgan fingerprint density at radius 3 is 2.72 bits per heavy atom. The van der Waals surface area contributed by atoms with Crippen molar-refractivity contribution in [2.24, 2.45) is 5.92 Å². The number of hydrogen-bond donors (Lipinski definition) is 1. The summed E-state index contributed by atoms with van der Waals surface area (Å²) < 4.78 is 10.9. The molecule has 2 amide bonds. The fourth-order valence-corrected chi connectivity index (χ4v) is 3.07. The van der Waals surface area contributed by atoms with Crippen LogP contribution in [0.2, 0.25) is 0 Å². The molecule has 0 saturated carbocycles. The van der Waals surface area contributed by atoms with E-state index >= 15 is 0 Å². The number of furan rings is 2. The highest BCUT2D eigenvalue weighted by Crippen LogP contribution is 2.18. The number of likely N-dealkylation sites (tertiary alicyclic amines) is 1. The molecular formula is C18H19BrN2O4. The van der Waals surface area contributed by atoms with Crippen molar-refractivity contribution in [2.45, 2.75) is 12.8 Å². The van der Waals surface area contributed by atoms with Crippen molar-refractivity contribution in [3.8, 4) is 0 Å². The number of nitrogens with one attached hydrogen (secondary N) is 1. The van der Waals surface area contributed by atoms with Gasteiger partial charge in [-0.3, -0.25) is 9.59 Å². The lowest BCUT2D eigenvalue weighted by Crippen LogP contribution is -2.40. The zero-order valence-corrected chi connectivity index (χ0v) is 15.2. The lowest BCUT2D eigenvalue weighted by atomic mass is 9.96. The van der Waals surface area contributed by atoms with Crippen molar-refractivity contribution in [1.29, 1.82) is 0 Å². The molecule has 7 heteroatoms. The van der Waals surface area contributed by atoms with Crippen LogP contribution in [0.5, 0.6) is 0 Å². The second-order valence-corrected chi connectivity index (χ2v) is 6.71. The smallest absolute Gasteiger partial charge is 0.287 e. The molecule has 2 aromatic heterocycles. The van der Waals surface area contributed by atoms with E-state index in [1.54, 1.807) is 36.6 Å². The summed E-state index contributed by atoms with van der Waals surface area (Å²) in [6.45, 7) is 1.96. The molecule has 0 aromatic carbocycles. The zero-order valence-electron chi connectivity index (χ0n) is 13.6. The quantitative estimate of drug-likeness (QED) is 0.772. The molecule has 1 N–H and O–H groups in total. The van der Waals surface area contributed by atoms with Gasteiger partial charge in [0.2, 0.25) is 5.91 Å². The average Bonchev–Trinajstić information content (AvgIpc) is 3.29. The molecule has 0 aliphatic carbocycles. The minimum Gasteiger partial charge on any atom is -0.465 e. The van der Waals surface area contributed by atoms with E-state index in [0.29, 0.717) is 41.7 Å². The van der Waals surface area contributed by atoms with Crippen LogP contribution in [0.1, 0.15) is 29.2 Å². The summed E-state index contributed by atoms with van der Waals surface area (Å²) in [5.74, 6) is 1.09. The van der Waals surface area contributed by atoms with E-state index in [-0.39, 0.29) is 11.8 Å². The van der Waals surface area contributed by atoms with Gasteiger partial charge in [-0.05, 0) is 65.0 Å². The Labute approximate surface area is 154 Å². The molecule has 132 valence electrons. The first-order chi connectivity index (χ1) is 12.1. The Kier molecular flexibility index (Phi) is 5.75. The van der Waals surface area contributed by atoms with Gasteiger partial charge in [-0.15, -0.1) is 0 Å². The maximum absolute atomic E-state index is 12.2. The molecule has 3 heterocycles. The Hall–Kier alpha value is -2.28. The molecule has 3 rings (SSSR count). The summed E-state index contributed by atoms with van der Waals surface area (Å²) in [5.41, 5.74) is 0. The molecule has 0 atom stereocenters. The predicted octanol–water partition coefficient (Wildman–Crippen LogP) is 3.32. The standard InChI is InChI=1S/C18H19BrN2O4/c19-16-5-4-15(25-16)18(23)20-12-13-7-9-21(10-8-13)17(22)6-3-14-2-1-11-24-14/h1-6,11,13H,7-10,12H2,(H,20,23)/b6-3+. The van der Waals surface area contributed by atoms with E-state index in [2.05, 4.69) is 21.2 Å². The lowest BCUT2D eigenvalue weighted by Gasteiger charge is -2.31. The van der Waals surface area contributed by atoms with Gasteiger partial charge >= 0.3 is 0 Å². The third-order valence-corrected chi connectivity index (χ3v) is 4.63. The van der Waals surface area contributed by atoms with Gasteiger partial charge in [0.05, 0.1) is 6.26 Å². The van der Waals surface area contributed by atoms with Gasteiger partial charge in [0.15, 0.2) is 10.4 Å². The largest absolute Gasteiger partial charge is 0.465 e. The summed E-state index contributed by atoms with van der Waals surface area (Å²) in [7, 11) is 0. The van der Waals surface area contributed by atoms with Crippen molar-refractivity contribution < 1.29 is 18.4 Å². The van der Waals surface area contributed by atoms with Crippen LogP contribution in [-0.2, 0) is 4.79 Å². The Morgan fingerprint density at radius 2 is 2.08 bits per heavy atom. The van der Waals surface area contributed by atoms with E-state index in [0.717, 1.165) is 12.8 Å². The van der Waals surface area contributed by atoms with Crippen molar-refractivity contribution in [1.82, 2.24) is 10.2 Å². The predicted molar refractivity (Wildman–Crippen MR) is 95.8 cm³/mol. The normalized spacial score (nSPS) is 15.6. The molecule has 0 unspecified atom stereocenters. The van der Waals surface area contributed by atoms with Crippen molar-refractivity contribution in [3.05, 3.63) is 52.8 Å². The summed E-state index contributed by atoms with van der Waals surface area (Å²) in [6, 6.07) is 6.91. The highest BCUT2D eigenvalue weighted by Gasteiger charge is 2.22. The summed E-state index contributed by atoms with van der Waals surface area (Å²) in [6.07, 6.45) is 6.52. The van der Waals surface area contributed by atoms with Gasteiger partial charge in [-0.25, -0.2) is 0 Å². The number of amides is 2. The lowest BCUT2D eigenvalue weighted by molar-refractivity contribution is -0.127. The molecule has 1 saturated heterocycles. The third-order valence-electron chi connectivity index (χ3n) is 4.21. The SMILES string of the molecule is O=C(NCC1CCN(C(=O)/C=C/c2ccco2)CC1)c1ccc(Br)o1. The van der Waals surface area contributed by atoms with Gasteiger partial charge in [0.1, 0.15) is 5.76 Å². The monoisotopic (exact) mass is 406 g/mol. The van der Waals surface area contributed by atoms with Crippen LogP contribution in [0.3, 0.4) is 0 Å². The minimum absolute atomic E-state index is 0.0145. The van der Waals surface area contributed by atoms with E-state index in [4.69, 9.17) is 8.83 Å². The molecule has 0 radical (unpaired) electrons. The first-order valence-electron chi connectivity index (χ1n) is 8.16. The molecule has 25 heavy (non-hydrogen) atoms. The van der Waals surface area contributed by atoms with Crippen molar-refractivity contribution >= 4 is 33.8 Å². The van der Waals surface area contributed by atoms with Crippen LogP contribution in [0, 0.1) is 5.92 Å². The summed E-state index contributed by atoms with van der Waals surface area (Å²) in [5, 5.41) is 2.89. The minimum atomic E-state index is -0.217. The second kappa shape index (κ2) is 8.20. The van der Waals surface area contributed by atoms with E-state index < -0.39 is 0 Å². The van der Waals surface area contributed by atoms with E-state index in [1.807, 2.05) is 4.90 Å². The Morgan fingerprint density at radius 1 is 1.28 bits per heavy atom. The number of rotatable bonds is 5. The first kappa shape index (κ1) is 17.5. The summed E-state index contributed by atoms with van der Waals surface area (Å²) >= 11 is 3.18. The number of piperidine rings is 1. The molecule has 1 aliphatic rings. The molecule has 0 bridgehead atoms. The fraction of sp³-hybridized carbons (Fsp3) is 0.333. The molecule has 6 nitrogen and oxygen atoms in total. The second-order valence-electron chi connectivity index (χ2n) is 5.93. The van der Waals surface area contributed by atoms with Gasteiger partial charge in [0.25, 0.3) is 5.91 Å². The van der Waals surface area contributed by atoms with Crippen LogP contribution >= 0.6 is 15.9 Å². The van der Waals surface area contributed by atoms with E-state index in [9.17, 15) is 9.59 Å². The number of carbonyl (C=O) groups is 2. The van der Waals surface area contributed by atoms with Gasteiger partial charge < -0.3 is 19.1 Å². The van der Waals surface area contributed by atoms with Gasteiger partial charge in [-0.1, -0.05) is 0 Å². The number of nitrogens with zero attached hydrogens (tertiary/aromatic N) is 1. The number of halogens is 1. The van der Waals surface area contributed by atoms with Crippen molar-refractivity contribution in [2.75, 3.05) is 19.6 Å². The van der Waals surface area contributed by atoms with E-state index in [1.165, 1.54) is 6.08 Å². The molecule has 1 fully saturated rings. The number of hydrogen-bond acceptors (Lipinski definition) is 4. The average molecular weight is 407 g/mol. The highest BCUT2D eigenvalue weighted by atomic mass is 79.9. The first-order valence-corrected chi connectivity index (χ1v) is 8.95. The van der Waals surface area contributed by atoms with Gasteiger partial charge in [0, 0.05) is 25.7 Å². The highest BCUT2D eigenvalue weighted by molar-refractivity contribution is 9.10. The Balaban J connectivity index is 1.41. The number of carbonyl (C=O) groups excluding carboxylic acids is 2. The van der Waals surface area contributed by atoms with Crippen LogP contribution < -0.4 is 5.32 Å². The van der Waals surface area contributed by atoms with Crippen LogP contribution in [0.4, 0.5) is 0 Å². The zero-order chi connectivity index (χ0) is 17.6. The maximum Gasteiger partial charge on any atom is 0.287 e. The summed E-state index contributed by atoms with van der Waals surface area (Å²) in [4.78, 5) is 25.9. The molecule has 2 aromatic rings. The van der Waals surface area contributed by atoms with Crippen LogP contribution in [-0.4, -0.2) is 36.3 Å². The molecule has 1 aliphatic heterocycles. The van der Waals surface area contributed by atoms with Gasteiger partial charge in [-0.2, -0.15) is 0 Å². The van der Waals surface area contributed by atoms with Crippen LogP contribution in [0.15, 0.2) is 50.1 Å². The Bertz CT molecular complexity index is 743. The van der Waals surface area contributed by atoms with Crippen molar-refractivity contribution in [3.63, 3.8) is 0 Å². The van der Waals surface area contributed by atoms with Crippen LogP contribution in [0.25, 0.3) is 6.08 Å². The molecular weight excluding hydrogens is 388 g/mol. The topological polar surface area (TPSA) is 75.7 Å². The maximum atomic E-state index is 12.2. The molecule has 0 spiro atoms.